The van der Waals surface area contributed by atoms with Gasteiger partial charge >= 0.3 is 5.97 Å². The Morgan fingerprint density at radius 3 is 2.31 bits per heavy atom. The highest BCUT2D eigenvalue weighted by Gasteiger charge is 2.53. The first kappa shape index (κ1) is 13.0. The highest BCUT2D eigenvalue weighted by Crippen LogP contribution is 2.30. The number of amides is 1. The van der Waals surface area contributed by atoms with Crippen molar-refractivity contribution in [2.24, 2.45) is 0 Å². The van der Waals surface area contributed by atoms with Crippen LogP contribution in [0, 0.1) is 0 Å². The van der Waals surface area contributed by atoms with Crippen LogP contribution in [0.3, 0.4) is 0 Å². The van der Waals surface area contributed by atoms with Gasteiger partial charge in [0.25, 0.3) is 0 Å². The zero-order chi connectivity index (χ0) is 12.6. The summed E-state index contributed by atoms with van der Waals surface area (Å²) in [7, 11) is -3.37. The maximum absolute atomic E-state index is 11.4. The fourth-order valence-electron chi connectivity index (χ4n) is 2.03. The third kappa shape index (κ3) is 2.04. The van der Waals surface area contributed by atoms with Gasteiger partial charge in [-0.1, -0.05) is 0 Å². The number of carbonyl (C=O) groups excluding carboxylic acids is 1. The zero-order valence-corrected chi connectivity index (χ0v) is 10.0. The summed E-state index contributed by atoms with van der Waals surface area (Å²) in [5, 5.41) is 9.18. The molecule has 0 radical (unpaired) electrons. The summed E-state index contributed by atoms with van der Waals surface area (Å²) < 4.78 is 22.8. The van der Waals surface area contributed by atoms with Gasteiger partial charge in [-0.3, -0.25) is 4.79 Å². The van der Waals surface area contributed by atoms with E-state index in [0.717, 1.165) is 4.90 Å². The van der Waals surface area contributed by atoms with Gasteiger partial charge in [0.2, 0.25) is 6.41 Å². The number of sulfone groups is 1. The number of carbonyl (C=O) groups is 2. The number of aliphatic carboxylic acids is 1. The van der Waals surface area contributed by atoms with Gasteiger partial charge in [-0.25, -0.2) is 13.2 Å². The standard InChI is InChI=1S/C9H15NO5S/c1-7(2)10(6-11)9(8(12)13)3-4-16(14,15)5-9/h6-7H,3-5H2,1-2H3,(H,12,13). The van der Waals surface area contributed by atoms with Crippen LogP contribution in [-0.4, -0.2) is 53.9 Å². The van der Waals surface area contributed by atoms with Gasteiger partial charge in [0.1, 0.15) is 0 Å². The molecule has 1 aliphatic heterocycles. The van der Waals surface area contributed by atoms with E-state index >= 15 is 0 Å². The van der Waals surface area contributed by atoms with E-state index in [1.807, 2.05) is 0 Å². The molecule has 1 amide bonds. The molecule has 1 rings (SSSR count). The molecule has 92 valence electrons. The van der Waals surface area contributed by atoms with E-state index in [-0.39, 0.29) is 18.2 Å². The van der Waals surface area contributed by atoms with Gasteiger partial charge in [-0.05, 0) is 20.3 Å². The molecule has 0 aliphatic carbocycles. The van der Waals surface area contributed by atoms with Gasteiger partial charge in [-0.15, -0.1) is 0 Å². The van der Waals surface area contributed by atoms with Crippen LogP contribution in [0.5, 0.6) is 0 Å². The number of carboxylic acids is 1. The molecule has 1 saturated heterocycles. The third-order valence-electron chi connectivity index (χ3n) is 2.85. The number of nitrogens with zero attached hydrogens (tertiary/aromatic N) is 1. The Balaban J connectivity index is 3.18. The molecule has 0 spiro atoms. The number of rotatable bonds is 4. The minimum absolute atomic E-state index is 0.0401. The smallest absolute Gasteiger partial charge is 0.330 e. The molecule has 1 unspecified atom stereocenters. The van der Waals surface area contributed by atoms with Gasteiger partial charge in [0, 0.05) is 6.04 Å². The van der Waals surface area contributed by atoms with E-state index in [9.17, 15) is 23.1 Å². The Kier molecular flexibility index (Phi) is 3.27. The zero-order valence-electron chi connectivity index (χ0n) is 9.21. The van der Waals surface area contributed by atoms with E-state index in [1.165, 1.54) is 0 Å². The maximum atomic E-state index is 11.4. The Labute approximate surface area is 94.2 Å². The minimum atomic E-state index is -3.37. The molecule has 1 heterocycles. The molecular weight excluding hydrogens is 234 g/mol. The van der Waals surface area contributed by atoms with E-state index in [4.69, 9.17) is 0 Å². The van der Waals surface area contributed by atoms with Crippen LogP contribution in [0.15, 0.2) is 0 Å². The molecule has 0 saturated carbocycles. The number of hydrogen-bond acceptors (Lipinski definition) is 4. The third-order valence-corrected chi connectivity index (χ3v) is 4.59. The van der Waals surface area contributed by atoms with Gasteiger partial charge < -0.3 is 10.0 Å². The topological polar surface area (TPSA) is 91.8 Å². The molecule has 0 aromatic rings. The van der Waals surface area contributed by atoms with Crippen LogP contribution in [0.2, 0.25) is 0 Å². The molecular formula is C9H15NO5S. The summed E-state index contributed by atoms with van der Waals surface area (Å²) in [6, 6.07) is -0.345. The molecule has 1 aliphatic rings. The lowest BCUT2D eigenvalue weighted by Crippen LogP contribution is -2.57. The Hall–Kier alpha value is -1.11. The second-order valence-electron chi connectivity index (χ2n) is 4.29. The first-order valence-corrected chi connectivity index (χ1v) is 6.75. The fourth-order valence-corrected chi connectivity index (χ4v) is 3.97. The lowest BCUT2D eigenvalue weighted by Gasteiger charge is -2.36. The molecule has 7 heteroatoms. The second-order valence-corrected chi connectivity index (χ2v) is 6.47. The summed E-state index contributed by atoms with van der Waals surface area (Å²) in [5.74, 6) is -1.93. The number of carboxylic acid groups (broad SMARTS) is 1. The first-order chi connectivity index (χ1) is 7.25. The SMILES string of the molecule is CC(C)N(C=O)C1(C(=O)O)CCS(=O)(=O)C1. The Morgan fingerprint density at radius 1 is 1.50 bits per heavy atom. The summed E-state index contributed by atoms with van der Waals surface area (Å²) >= 11 is 0. The highest BCUT2D eigenvalue weighted by atomic mass is 32.2. The van der Waals surface area contributed by atoms with Crippen molar-refractivity contribution in [3.8, 4) is 0 Å². The van der Waals surface area contributed by atoms with Crippen molar-refractivity contribution < 1.29 is 23.1 Å². The molecule has 0 aromatic heterocycles. The van der Waals surface area contributed by atoms with Gasteiger partial charge in [0.05, 0.1) is 11.5 Å². The van der Waals surface area contributed by atoms with Crippen molar-refractivity contribution in [1.29, 1.82) is 0 Å². The van der Waals surface area contributed by atoms with Crippen LogP contribution in [0.4, 0.5) is 0 Å². The molecule has 1 atom stereocenters. The average Bonchev–Trinajstić information content (AvgIpc) is 2.44. The Morgan fingerprint density at radius 2 is 2.06 bits per heavy atom. The first-order valence-electron chi connectivity index (χ1n) is 4.93. The molecule has 0 aromatic carbocycles. The highest BCUT2D eigenvalue weighted by molar-refractivity contribution is 7.91. The normalized spacial score (nSPS) is 27.9. The van der Waals surface area contributed by atoms with Crippen molar-refractivity contribution in [1.82, 2.24) is 4.90 Å². The van der Waals surface area contributed by atoms with Crippen LogP contribution >= 0.6 is 0 Å². The Bertz CT molecular complexity index is 402. The predicted molar refractivity (Wildman–Crippen MR) is 56.7 cm³/mol. The molecule has 0 bridgehead atoms. The van der Waals surface area contributed by atoms with Crippen molar-refractivity contribution >= 4 is 22.2 Å². The van der Waals surface area contributed by atoms with Gasteiger partial charge in [-0.2, -0.15) is 0 Å². The number of hydrogen-bond donors (Lipinski definition) is 1. The van der Waals surface area contributed by atoms with E-state index in [1.54, 1.807) is 13.8 Å². The van der Waals surface area contributed by atoms with Crippen molar-refractivity contribution in [2.45, 2.75) is 31.8 Å². The summed E-state index contributed by atoms with van der Waals surface area (Å²) in [4.78, 5) is 23.3. The van der Waals surface area contributed by atoms with E-state index < -0.39 is 27.1 Å². The fraction of sp³-hybridized carbons (Fsp3) is 0.778. The quantitative estimate of drug-likeness (QED) is 0.678. The maximum Gasteiger partial charge on any atom is 0.330 e. The molecule has 6 nitrogen and oxygen atoms in total. The average molecular weight is 249 g/mol. The van der Waals surface area contributed by atoms with Crippen LogP contribution < -0.4 is 0 Å². The summed E-state index contributed by atoms with van der Waals surface area (Å²) in [5.41, 5.74) is -1.59. The van der Waals surface area contributed by atoms with Crippen molar-refractivity contribution in [2.75, 3.05) is 11.5 Å². The summed E-state index contributed by atoms with van der Waals surface area (Å²) in [6.45, 7) is 3.31. The van der Waals surface area contributed by atoms with E-state index in [0.29, 0.717) is 6.41 Å². The van der Waals surface area contributed by atoms with Gasteiger partial charge in [0.15, 0.2) is 15.4 Å². The van der Waals surface area contributed by atoms with Crippen LogP contribution in [0.25, 0.3) is 0 Å². The monoisotopic (exact) mass is 249 g/mol. The summed E-state index contributed by atoms with van der Waals surface area (Å²) in [6.07, 6.45) is 0.376. The minimum Gasteiger partial charge on any atom is -0.479 e. The second kappa shape index (κ2) is 4.04. The van der Waals surface area contributed by atoms with Crippen molar-refractivity contribution in [3.63, 3.8) is 0 Å². The molecule has 16 heavy (non-hydrogen) atoms. The van der Waals surface area contributed by atoms with E-state index in [2.05, 4.69) is 0 Å². The lowest BCUT2D eigenvalue weighted by atomic mass is 9.95. The molecule has 1 fully saturated rings. The largest absolute Gasteiger partial charge is 0.479 e. The van der Waals surface area contributed by atoms with Crippen molar-refractivity contribution in [3.05, 3.63) is 0 Å². The lowest BCUT2D eigenvalue weighted by molar-refractivity contribution is -0.155. The van der Waals surface area contributed by atoms with Crippen LogP contribution in [0.1, 0.15) is 20.3 Å². The molecule has 1 N–H and O–H groups in total. The van der Waals surface area contributed by atoms with Crippen LogP contribution in [-0.2, 0) is 19.4 Å². The predicted octanol–water partition coefficient (Wildman–Crippen LogP) is -0.505.